The van der Waals surface area contributed by atoms with E-state index in [0.29, 0.717) is 17.9 Å². The fourth-order valence-electron chi connectivity index (χ4n) is 1.97. The maximum Gasteiger partial charge on any atom is 0.387 e. The summed E-state index contributed by atoms with van der Waals surface area (Å²) in [6.45, 7) is -0.865. The van der Waals surface area contributed by atoms with Crippen LogP contribution in [0, 0.1) is 0 Å². The van der Waals surface area contributed by atoms with Gasteiger partial charge in [-0.3, -0.25) is 4.99 Å². The number of nitrogens with zero attached hydrogens (tertiary/aromatic N) is 1. The van der Waals surface area contributed by atoms with Gasteiger partial charge in [-0.25, -0.2) is 8.42 Å². The minimum absolute atomic E-state index is 0.0656. The molecular formula is C15H22BrF2N3O3S. The lowest BCUT2D eigenvalue weighted by Gasteiger charge is -2.18. The second-order valence-electron chi connectivity index (χ2n) is 5.52. The summed E-state index contributed by atoms with van der Waals surface area (Å²) in [4.78, 5) is 4.04. The number of hydrogen-bond acceptors (Lipinski definition) is 4. The Bertz CT molecular complexity index is 699. The van der Waals surface area contributed by atoms with Crippen molar-refractivity contribution in [1.82, 2.24) is 10.6 Å². The number of ether oxygens (including phenoxy) is 1. The largest absolute Gasteiger partial charge is 0.434 e. The van der Waals surface area contributed by atoms with Crippen LogP contribution in [-0.2, 0) is 16.4 Å². The van der Waals surface area contributed by atoms with Crippen LogP contribution in [0.1, 0.15) is 18.9 Å². The van der Waals surface area contributed by atoms with Crippen molar-refractivity contribution in [2.24, 2.45) is 4.99 Å². The average molecular weight is 442 g/mol. The van der Waals surface area contributed by atoms with Crippen LogP contribution in [0.15, 0.2) is 27.7 Å². The quantitative estimate of drug-likeness (QED) is 0.478. The molecule has 1 aromatic carbocycles. The summed E-state index contributed by atoms with van der Waals surface area (Å²) in [7, 11) is -1.47. The first kappa shape index (κ1) is 21.6. The lowest BCUT2D eigenvalue weighted by atomic mass is 10.2. The number of halogens is 3. The van der Waals surface area contributed by atoms with Crippen molar-refractivity contribution in [3.05, 3.63) is 28.2 Å². The summed E-state index contributed by atoms with van der Waals surface area (Å²) in [5.41, 5.74) is 0.529. The Balaban J connectivity index is 2.67. The molecule has 0 spiro atoms. The Kier molecular flexibility index (Phi) is 8.57. The zero-order chi connectivity index (χ0) is 19.0. The molecule has 1 rings (SSSR count). The summed E-state index contributed by atoms with van der Waals surface area (Å²) < 4.78 is 52.6. The topological polar surface area (TPSA) is 79.8 Å². The Morgan fingerprint density at radius 3 is 2.64 bits per heavy atom. The fraction of sp³-hybridized carbons (Fsp3) is 0.533. The third-order valence-electron chi connectivity index (χ3n) is 3.21. The highest BCUT2D eigenvalue weighted by Gasteiger charge is 2.12. The van der Waals surface area contributed by atoms with E-state index in [4.69, 9.17) is 0 Å². The predicted octanol–water partition coefficient (Wildman–Crippen LogP) is 2.54. The molecule has 1 aromatic rings. The third kappa shape index (κ3) is 9.01. The fourth-order valence-corrected chi connectivity index (χ4v) is 3.16. The highest BCUT2D eigenvalue weighted by Crippen LogP contribution is 2.24. The van der Waals surface area contributed by atoms with Gasteiger partial charge in [0.2, 0.25) is 0 Å². The first-order chi connectivity index (χ1) is 11.6. The second-order valence-corrected chi connectivity index (χ2v) is 8.70. The highest BCUT2D eigenvalue weighted by molar-refractivity contribution is 9.10. The number of benzene rings is 1. The van der Waals surface area contributed by atoms with E-state index >= 15 is 0 Å². The number of sulfone groups is 1. The van der Waals surface area contributed by atoms with Gasteiger partial charge in [0.1, 0.15) is 15.6 Å². The molecule has 0 aliphatic rings. The van der Waals surface area contributed by atoms with Gasteiger partial charge in [-0.1, -0.05) is 15.9 Å². The number of aliphatic imine (C=N–C) groups is 1. The van der Waals surface area contributed by atoms with Gasteiger partial charge in [0.05, 0.1) is 5.75 Å². The summed E-state index contributed by atoms with van der Waals surface area (Å²) in [5, 5.41) is 6.06. The molecule has 0 saturated heterocycles. The average Bonchev–Trinajstić information content (AvgIpc) is 2.50. The first-order valence-corrected chi connectivity index (χ1v) is 10.3. The maximum atomic E-state index is 12.5. The van der Waals surface area contributed by atoms with Crippen molar-refractivity contribution in [2.45, 2.75) is 32.5 Å². The molecule has 0 aliphatic heterocycles. The molecule has 142 valence electrons. The SMILES string of the molecule is CN=C(NCc1cc(Br)ccc1OC(F)F)NC(C)CCS(C)(=O)=O. The number of guanidine groups is 1. The number of alkyl halides is 2. The molecule has 0 radical (unpaired) electrons. The van der Waals surface area contributed by atoms with Crippen LogP contribution < -0.4 is 15.4 Å². The van der Waals surface area contributed by atoms with Gasteiger partial charge >= 0.3 is 6.61 Å². The summed E-state index contributed by atoms with van der Waals surface area (Å²) >= 11 is 3.29. The third-order valence-corrected chi connectivity index (χ3v) is 4.68. The van der Waals surface area contributed by atoms with Gasteiger partial charge in [0.15, 0.2) is 5.96 Å². The molecule has 10 heteroatoms. The van der Waals surface area contributed by atoms with Crippen LogP contribution in [0.25, 0.3) is 0 Å². The smallest absolute Gasteiger partial charge is 0.387 e. The number of hydrogen-bond donors (Lipinski definition) is 2. The van der Waals surface area contributed by atoms with Crippen LogP contribution in [-0.4, -0.2) is 46.1 Å². The van der Waals surface area contributed by atoms with Gasteiger partial charge in [-0.2, -0.15) is 8.78 Å². The summed E-state index contributed by atoms with van der Waals surface area (Å²) in [6, 6.07) is 4.62. The molecule has 1 unspecified atom stereocenters. The normalized spacial score (nSPS) is 13.6. The van der Waals surface area contributed by atoms with Crippen molar-refractivity contribution in [1.29, 1.82) is 0 Å². The Hall–Kier alpha value is -1.42. The maximum absolute atomic E-state index is 12.5. The van der Waals surface area contributed by atoms with Gasteiger partial charge in [-0.05, 0) is 31.5 Å². The molecule has 25 heavy (non-hydrogen) atoms. The van der Waals surface area contributed by atoms with E-state index in [0.717, 1.165) is 4.47 Å². The van der Waals surface area contributed by atoms with Crippen LogP contribution in [0.3, 0.4) is 0 Å². The monoisotopic (exact) mass is 441 g/mol. The van der Waals surface area contributed by atoms with Crippen LogP contribution >= 0.6 is 15.9 Å². The molecule has 0 bridgehead atoms. The Morgan fingerprint density at radius 2 is 2.08 bits per heavy atom. The zero-order valence-electron chi connectivity index (χ0n) is 14.2. The van der Waals surface area contributed by atoms with Crippen molar-refractivity contribution in [2.75, 3.05) is 19.1 Å². The van der Waals surface area contributed by atoms with E-state index in [-0.39, 0.29) is 24.1 Å². The van der Waals surface area contributed by atoms with Gasteiger partial charge in [0, 0.05) is 35.9 Å². The van der Waals surface area contributed by atoms with Crippen molar-refractivity contribution in [3.63, 3.8) is 0 Å². The summed E-state index contributed by atoms with van der Waals surface area (Å²) in [5.74, 6) is 0.575. The van der Waals surface area contributed by atoms with Crippen molar-refractivity contribution in [3.8, 4) is 5.75 Å². The van der Waals surface area contributed by atoms with Crippen LogP contribution in [0.4, 0.5) is 8.78 Å². The molecule has 0 amide bonds. The Labute approximate surface area is 155 Å². The molecule has 0 saturated carbocycles. The highest BCUT2D eigenvalue weighted by atomic mass is 79.9. The lowest BCUT2D eigenvalue weighted by Crippen LogP contribution is -2.42. The zero-order valence-corrected chi connectivity index (χ0v) is 16.6. The van der Waals surface area contributed by atoms with E-state index in [2.05, 4.69) is 36.3 Å². The van der Waals surface area contributed by atoms with Gasteiger partial charge < -0.3 is 15.4 Å². The first-order valence-electron chi connectivity index (χ1n) is 7.49. The molecule has 0 fully saturated rings. The summed E-state index contributed by atoms with van der Waals surface area (Å²) in [6.07, 6.45) is 1.61. The standard InChI is InChI=1S/C15H22BrF2N3O3S/c1-10(6-7-25(3,22)23)21-15(19-2)20-9-11-8-12(16)4-5-13(11)24-14(17)18/h4-5,8,10,14H,6-7,9H2,1-3H3,(H2,19,20,21). The second kappa shape index (κ2) is 9.91. The van der Waals surface area contributed by atoms with E-state index < -0.39 is 16.4 Å². The van der Waals surface area contributed by atoms with Gasteiger partial charge in [-0.15, -0.1) is 0 Å². The van der Waals surface area contributed by atoms with Crippen LogP contribution in [0.2, 0.25) is 0 Å². The number of rotatable bonds is 8. The Morgan fingerprint density at radius 1 is 1.40 bits per heavy atom. The van der Waals surface area contributed by atoms with E-state index in [1.807, 2.05) is 6.92 Å². The van der Waals surface area contributed by atoms with Crippen LogP contribution in [0.5, 0.6) is 5.75 Å². The lowest BCUT2D eigenvalue weighted by molar-refractivity contribution is -0.0504. The molecule has 0 heterocycles. The van der Waals surface area contributed by atoms with E-state index in [1.54, 1.807) is 19.2 Å². The van der Waals surface area contributed by atoms with Crippen molar-refractivity contribution >= 4 is 31.7 Å². The number of nitrogens with one attached hydrogen (secondary N) is 2. The molecule has 0 aliphatic carbocycles. The predicted molar refractivity (Wildman–Crippen MR) is 97.9 cm³/mol. The molecular weight excluding hydrogens is 420 g/mol. The molecule has 1 atom stereocenters. The molecule has 2 N–H and O–H groups in total. The minimum atomic E-state index is -3.03. The van der Waals surface area contributed by atoms with Gasteiger partial charge in [0.25, 0.3) is 0 Å². The molecule has 6 nitrogen and oxygen atoms in total. The van der Waals surface area contributed by atoms with Crippen molar-refractivity contribution < 1.29 is 21.9 Å². The van der Waals surface area contributed by atoms with E-state index in [9.17, 15) is 17.2 Å². The molecule has 0 aromatic heterocycles. The minimum Gasteiger partial charge on any atom is -0.434 e. The van der Waals surface area contributed by atoms with E-state index in [1.165, 1.54) is 12.3 Å².